The second kappa shape index (κ2) is 8.52. The van der Waals surface area contributed by atoms with Crippen molar-refractivity contribution in [3.05, 3.63) is 46.3 Å². The molecule has 4 rings (SSSR count). The molecule has 1 aromatic carbocycles. The summed E-state index contributed by atoms with van der Waals surface area (Å²) in [4.78, 5) is 25.1. The van der Waals surface area contributed by atoms with Crippen LogP contribution in [0.1, 0.15) is 72.8 Å². The second-order valence-electron chi connectivity index (χ2n) is 9.55. The van der Waals surface area contributed by atoms with E-state index in [1.807, 2.05) is 6.07 Å². The van der Waals surface area contributed by atoms with E-state index >= 15 is 0 Å². The molecule has 0 atom stereocenters. The van der Waals surface area contributed by atoms with Gasteiger partial charge in [0.05, 0.1) is 0 Å². The molecular weight excluding hydrogens is 442 g/mol. The lowest BCUT2D eigenvalue weighted by molar-refractivity contribution is -0.00780. The van der Waals surface area contributed by atoms with Gasteiger partial charge in [-0.25, -0.2) is 22.7 Å². The van der Waals surface area contributed by atoms with Gasteiger partial charge in [0.1, 0.15) is 16.1 Å². The van der Waals surface area contributed by atoms with Crippen LogP contribution < -0.4 is 10.0 Å². The van der Waals surface area contributed by atoms with Crippen LogP contribution in [0.25, 0.3) is 0 Å². The topological polar surface area (TPSA) is 107 Å². The fourth-order valence-electron chi connectivity index (χ4n) is 4.75. The minimum Gasteiger partial charge on any atom is -0.456 e. The van der Waals surface area contributed by atoms with Gasteiger partial charge in [0.15, 0.2) is 0 Å². The van der Waals surface area contributed by atoms with Gasteiger partial charge in [0.25, 0.3) is 10.0 Å². The Hall–Kier alpha value is -2.81. The average Bonchev–Trinajstić information content (AvgIpc) is 3.30. The third-order valence-electron chi connectivity index (χ3n) is 6.30. The fraction of sp³-hybridized carbons (Fsp3) is 0.500. The van der Waals surface area contributed by atoms with Crippen LogP contribution in [0.4, 0.5) is 10.5 Å². The number of hydrogen-bond donors (Lipinski definition) is 2. The van der Waals surface area contributed by atoms with Crippen molar-refractivity contribution >= 4 is 27.7 Å². The highest BCUT2D eigenvalue weighted by molar-refractivity contribution is 7.90. The van der Waals surface area contributed by atoms with Gasteiger partial charge in [-0.05, 0) is 68.7 Å². The molecule has 0 radical (unpaired) electrons. The number of hydrogen-bond acceptors (Lipinski definition) is 5. The Labute approximate surface area is 194 Å². The van der Waals surface area contributed by atoms with E-state index in [1.54, 1.807) is 25.5 Å². The number of esters is 1. The number of benzene rings is 1. The smallest absolute Gasteiger partial charge is 0.341 e. The van der Waals surface area contributed by atoms with Gasteiger partial charge in [-0.3, -0.25) is 0 Å². The van der Waals surface area contributed by atoms with Crippen LogP contribution >= 0.6 is 0 Å². The lowest BCUT2D eigenvalue weighted by Gasteiger charge is -2.30. The molecule has 2 heterocycles. The normalized spacial score (nSPS) is 16.7. The molecule has 2 amide bonds. The minimum absolute atomic E-state index is 0.0143. The summed E-state index contributed by atoms with van der Waals surface area (Å²) in [5, 5.41) is 2.74. The largest absolute Gasteiger partial charge is 0.456 e. The average molecular weight is 474 g/mol. The number of carbonyl (C=O) groups excluding carboxylic acids is 2. The molecule has 0 saturated heterocycles. The molecule has 8 nitrogen and oxygen atoms in total. The third-order valence-corrected chi connectivity index (χ3v) is 7.64. The molecule has 0 fully saturated rings. The van der Waals surface area contributed by atoms with Crippen molar-refractivity contribution in [3.63, 3.8) is 0 Å². The molecular formula is C24H31N3O5S. The number of unbranched alkanes of at least 4 members (excludes halogenated alkanes) is 1. The summed E-state index contributed by atoms with van der Waals surface area (Å²) in [6.45, 7) is 5.67. The molecule has 1 aliphatic heterocycles. The number of fused-ring (bicyclic) bond motifs is 2. The van der Waals surface area contributed by atoms with Gasteiger partial charge in [-0.15, -0.1) is 0 Å². The summed E-state index contributed by atoms with van der Waals surface area (Å²) in [5.41, 5.74) is 3.89. The van der Waals surface area contributed by atoms with Gasteiger partial charge < -0.3 is 14.6 Å². The first-order valence-corrected chi connectivity index (χ1v) is 12.9. The molecule has 0 spiro atoms. The number of ether oxygens (including phenoxy) is 1. The van der Waals surface area contributed by atoms with Crippen LogP contribution in [0.5, 0.6) is 0 Å². The zero-order chi connectivity index (χ0) is 24.0. The molecule has 2 aromatic rings. The standard InChI is InChI=1S/C24H31N3O5S/c1-5-6-8-15-11-16-9-7-10-17(16)18(12-15)25-23(29)26-33(30,31)20-14-27(4)19-13-24(2,3)32-22(28)21(19)20/h11-12,14H,5-10,13H2,1-4H3,(H2,25,26,29). The maximum atomic E-state index is 13.1. The van der Waals surface area contributed by atoms with Crippen molar-refractivity contribution in [3.8, 4) is 0 Å². The summed E-state index contributed by atoms with van der Waals surface area (Å²) < 4.78 is 35.2. The number of rotatable bonds is 6. The van der Waals surface area contributed by atoms with Crippen LogP contribution in [0.15, 0.2) is 23.2 Å². The van der Waals surface area contributed by atoms with E-state index in [2.05, 4.69) is 23.0 Å². The van der Waals surface area contributed by atoms with Crippen LogP contribution in [-0.2, 0) is 47.5 Å². The number of nitrogens with zero attached hydrogens (tertiary/aromatic N) is 1. The highest BCUT2D eigenvalue weighted by atomic mass is 32.2. The maximum Gasteiger partial charge on any atom is 0.341 e. The Morgan fingerprint density at radius 2 is 2.00 bits per heavy atom. The SMILES string of the molecule is CCCCc1cc2c(c(NC(=O)NS(=O)(=O)c3cn(C)c4c3C(=O)OC(C)(C)C4)c1)CCC2. The van der Waals surface area contributed by atoms with Crippen molar-refractivity contribution in [2.24, 2.45) is 7.05 Å². The van der Waals surface area contributed by atoms with E-state index in [4.69, 9.17) is 4.74 Å². The summed E-state index contributed by atoms with van der Waals surface area (Å²) in [5.74, 6) is -0.705. The zero-order valence-corrected chi connectivity index (χ0v) is 20.4. The van der Waals surface area contributed by atoms with Gasteiger partial charge in [0, 0.05) is 31.0 Å². The number of nitrogens with one attached hydrogen (secondary N) is 2. The number of carbonyl (C=O) groups is 2. The summed E-state index contributed by atoms with van der Waals surface area (Å²) in [6, 6.07) is 3.29. The molecule has 1 aliphatic carbocycles. The number of anilines is 1. The van der Waals surface area contributed by atoms with Crippen molar-refractivity contribution in [1.29, 1.82) is 0 Å². The number of aryl methyl sites for hydroxylation is 3. The fourth-order valence-corrected chi connectivity index (χ4v) is 5.92. The van der Waals surface area contributed by atoms with E-state index in [-0.39, 0.29) is 10.5 Å². The van der Waals surface area contributed by atoms with Crippen molar-refractivity contribution in [1.82, 2.24) is 9.29 Å². The maximum absolute atomic E-state index is 13.1. The first-order valence-electron chi connectivity index (χ1n) is 11.4. The lowest BCUT2D eigenvalue weighted by atomic mass is 9.97. The molecule has 178 valence electrons. The molecule has 1 aromatic heterocycles. The third kappa shape index (κ3) is 4.64. The van der Waals surface area contributed by atoms with E-state index in [1.165, 1.54) is 11.8 Å². The molecule has 0 saturated carbocycles. The quantitative estimate of drug-likeness (QED) is 0.620. The molecule has 9 heteroatoms. The van der Waals surface area contributed by atoms with Crippen LogP contribution in [0.2, 0.25) is 0 Å². The molecule has 33 heavy (non-hydrogen) atoms. The number of sulfonamides is 1. The van der Waals surface area contributed by atoms with E-state index < -0.39 is 27.6 Å². The Morgan fingerprint density at radius 1 is 1.24 bits per heavy atom. The highest BCUT2D eigenvalue weighted by Gasteiger charge is 2.39. The molecule has 2 aliphatic rings. The van der Waals surface area contributed by atoms with Crippen molar-refractivity contribution in [2.75, 3.05) is 5.32 Å². The first kappa shape index (κ1) is 23.4. The van der Waals surface area contributed by atoms with Crippen molar-refractivity contribution in [2.45, 2.75) is 76.2 Å². The van der Waals surface area contributed by atoms with Crippen LogP contribution in [-0.4, -0.2) is 30.6 Å². The van der Waals surface area contributed by atoms with Gasteiger partial charge in [-0.2, -0.15) is 0 Å². The Morgan fingerprint density at radius 3 is 2.73 bits per heavy atom. The zero-order valence-electron chi connectivity index (χ0n) is 19.6. The monoisotopic (exact) mass is 473 g/mol. The number of aromatic nitrogens is 1. The van der Waals surface area contributed by atoms with Gasteiger partial charge in [-0.1, -0.05) is 19.4 Å². The predicted molar refractivity (Wildman–Crippen MR) is 125 cm³/mol. The molecule has 0 bridgehead atoms. The Balaban J connectivity index is 1.58. The summed E-state index contributed by atoms with van der Waals surface area (Å²) in [6.07, 6.45) is 7.57. The summed E-state index contributed by atoms with van der Waals surface area (Å²) in [7, 11) is -2.61. The molecule has 2 N–H and O–H groups in total. The van der Waals surface area contributed by atoms with Crippen molar-refractivity contribution < 1.29 is 22.7 Å². The Bertz CT molecular complexity index is 1230. The lowest BCUT2D eigenvalue weighted by Crippen LogP contribution is -2.38. The van der Waals surface area contributed by atoms with E-state index in [0.29, 0.717) is 17.8 Å². The molecule has 0 unspecified atom stereocenters. The number of cyclic esters (lactones) is 1. The van der Waals surface area contributed by atoms with Crippen LogP contribution in [0.3, 0.4) is 0 Å². The van der Waals surface area contributed by atoms with E-state index in [0.717, 1.165) is 49.7 Å². The van der Waals surface area contributed by atoms with E-state index in [9.17, 15) is 18.0 Å². The van der Waals surface area contributed by atoms with Crippen LogP contribution in [0, 0.1) is 0 Å². The first-order chi connectivity index (χ1) is 15.5. The van der Waals surface area contributed by atoms with Gasteiger partial charge >= 0.3 is 12.0 Å². The van der Waals surface area contributed by atoms with Gasteiger partial charge in [0.2, 0.25) is 0 Å². The second-order valence-corrected chi connectivity index (χ2v) is 11.2. The minimum atomic E-state index is -4.29. The highest BCUT2D eigenvalue weighted by Crippen LogP contribution is 2.34. The summed E-state index contributed by atoms with van der Waals surface area (Å²) >= 11 is 0. The number of amides is 2. The Kier molecular flexibility index (Phi) is 6.03. The predicted octanol–water partition coefficient (Wildman–Crippen LogP) is 3.86. The number of urea groups is 1.